The van der Waals surface area contributed by atoms with E-state index in [9.17, 15) is 4.79 Å². The first-order valence-corrected chi connectivity index (χ1v) is 6.28. The molecule has 4 nitrogen and oxygen atoms in total. The van der Waals surface area contributed by atoms with Gasteiger partial charge in [0.25, 0.3) is 0 Å². The third-order valence-electron chi connectivity index (χ3n) is 3.10. The minimum Gasteiger partial charge on any atom is -0.284 e. The van der Waals surface area contributed by atoms with Gasteiger partial charge in [0.2, 0.25) is 6.41 Å². The number of H-pyrrole nitrogens is 1. The second kappa shape index (κ2) is 5.40. The molecular formula is C16H13N3O. The number of rotatable bonds is 4. The van der Waals surface area contributed by atoms with E-state index in [1.807, 2.05) is 60.7 Å². The number of aromatic amines is 1. The van der Waals surface area contributed by atoms with E-state index in [1.54, 1.807) is 11.1 Å². The topological polar surface area (TPSA) is 49.0 Å². The molecule has 0 aliphatic heterocycles. The number of nitrogens with zero attached hydrogens (tertiary/aromatic N) is 2. The van der Waals surface area contributed by atoms with E-state index in [1.165, 1.54) is 0 Å². The molecule has 1 aromatic heterocycles. The third-order valence-corrected chi connectivity index (χ3v) is 3.10. The summed E-state index contributed by atoms with van der Waals surface area (Å²) in [6.07, 6.45) is 2.53. The van der Waals surface area contributed by atoms with Crippen molar-refractivity contribution < 1.29 is 4.79 Å². The fourth-order valence-corrected chi connectivity index (χ4v) is 2.08. The molecule has 0 fully saturated rings. The third kappa shape index (κ3) is 2.31. The van der Waals surface area contributed by atoms with E-state index in [0.717, 1.165) is 29.0 Å². The van der Waals surface area contributed by atoms with Gasteiger partial charge in [-0.1, -0.05) is 30.3 Å². The zero-order valence-corrected chi connectivity index (χ0v) is 10.7. The first-order chi connectivity index (χ1) is 9.88. The van der Waals surface area contributed by atoms with Crippen molar-refractivity contribution in [1.82, 2.24) is 10.2 Å². The van der Waals surface area contributed by atoms with E-state index in [4.69, 9.17) is 0 Å². The van der Waals surface area contributed by atoms with Crippen LogP contribution in [0.3, 0.4) is 0 Å². The van der Waals surface area contributed by atoms with E-state index in [-0.39, 0.29) is 0 Å². The molecule has 4 heteroatoms. The number of carbonyl (C=O) groups excluding carboxylic acids is 1. The predicted molar refractivity (Wildman–Crippen MR) is 78.7 cm³/mol. The van der Waals surface area contributed by atoms with Crippen molar-refractivity contribution in [2.45, 2.75) is 0 Å². The molecule has 1 amide bonds. The van der Waals surface area contributed by atoms with Crippen LogP contribution in [0.15, 0.2) is 66.9 Å². The lowest BCUT2D eigenvalue weighted by Crippen LogP contribution is -2.13. The molecule has 0 spiro atoms. The molecule has 0 aliphatic rings. The van der Waals surface area contributed by atoms with E-state index >= 15 is 0 Å². The molecule has 1 heterocycles. The molecule has 0 unspecified atom stereocenters. The summed E-state index contributed by atoms with van der Waals surface area (Å²) in [5, 5.41) is 6.84. The number of hydrogen-bond donors (Lipinski definition) is 1. The van der Waals surface area contributed by atoms with Crippen LogP contribution in [0, 0.1) is 0 Å². The van der Waals surface area contributed by atoms with Crippen LogP contribution in [0.4, 0.5) is 11.4 Å². The Hall–Kier alpha value is -2.88. The average molecular weight is 263 g/mol. The molecule has 3 aromatic rings. The highest BCUT2D eigenvalue weighted by atomic mass is 16.1. The normalized spacial score (nSPS) is 10.2. The summed E-state index contributed by atoms with van der Waals surface area (Å²) in [6.45, 7) is 0. The summed E-state index contributed by atoms with van der Waals surface area (Å²) < 4.78 is 0. The van der Waals surface area contributed by atoms with Crippen molar-refractivity contribution in [1.29, 1.82) is 0 Å². The van der Waals surface area contributed by atoms with Crippen molar-refractivity contribution in [3.63, 3.8) is 0 Å². The monoisotopic (exact) mass is 263 g/mol. The van der Waals surface area contributed by atoms with Crippen LogP contribution in [-0.4, -0.2) is 16.6 Å². The maximum absolute atomic E-state index is 11.3. The lowest BCUT2D eigenvalue weighted by molar-refractivity contribution is -0.106. The highest BCUT2D eigenvalue weighted by molar-refractivity contribution is 5.86. The summed E-state index contributed by atoms with van der Waals surface area (Å²) in [6, 6.07) is 19.2. The Morgan fingerprint density at radius 3 is 2.20 bits per heavy atom. The van der Waals surface area contributed by atoms with Gasteiger partial charge in [0.15, 0.2) is 0 Å². The highest BCUT2D eigenvalue weighted by Crippen LogP contribution is 2.26. The smallest absolute Gasteiger partial charge is 0.218 e. The fraction of sp³-hybridized carbons (Fsp3) is 0. The molecule has 0 bridgehead atoms. The Bertz CT molecular complexity index is 676. The summed E-state index contributed by atoms with van der Waals surface area (Å²) in [5.74, 6) is 0. The first-order valence-electron chi connectivity index (χ1n) is 6.28. The minimum absolute atomic E-state index is 0.820. The van der Waals surface area contributed by atoms with Gasteiger partial charge in [0.1, 0.15) is 0 Å². The number of amides is 1. The van der Waals surface area contributed by atoms with Crippen molar-refractivity contribution in [2.24, 2.45) is 0 Å². The van der Waals surface area contributed by atoms with Crippen LogP contribution in [-0.2, 0) is 4.79 Å². The fourth-order valence-electron chi connectivity index (χ4n) is 2.08. The maximum Gasteiger partial charge on any atom is 0.218 e. The van der Waals surface area contributed by atoms with E-state index in [2.05, 4.69) is 10.2 Å². The maximum atomic E-state index is 11.3. The lowest BCUT2D eigenvalue weighted by Gasteiger charge is -2.17. The van der Waals surface area contributed by atoms with Gasteiger partial charge < -0.3 is 0 Å². The first kappa shape index (κ1) is 12.2. The molecule has 98 valence electrons. The van der Waals surface area contributed by atoms with Crippen LogP contribution in [0.2, 0.25) is 0 Å². The summed E-state index contributed by atoms with van der Waals surface area (Å²) in [4.78, 5) is 12.9. The number of anilines is 2. The van der Waals surface area contributed by atoms with Crippen molar-refractivity contribution in [3.8, 4) is 11.3 Å². The Morgan fingerprint density at radius 2 is 1.60 bits per heavy atom. The van der Waals surface area contributed by atoms with E-state index < -0.39 is 0 Å². The number of aromatic nitrogens is 2. The Morgan fingerprint density at radius 1 is 0.900 bits per heavy atom. The highest BCUT2D eigenvalue weighted by Gasteiger charge is 2.08. The SMILES string of the molecule is O=CN(c1ccccc1)c1ccc(-c2ccn[nH]2)cc1. The van der Waals surface area contributed by atoms with Gasteiger partial charge in [-0.3, -0.25) is 14.8 Å². The van der Waals surface area contributed by atoms with Crippen LogP contribution in [0.1, 0.15) is 0 Å². The number of hydrogen-bond acceptors (Lipinski definition) is 2. The molecule has 0 saturated carbocycles. The van der Waals surface area contributed by atoms with Crippen LogP contribution >= 0.6 is 0 Å². The van der Waals surface area contributed by atoms with Gasteiger partial charge in [-0.05, 0) is 35.9 Å². The second-order valence-corrected chi connectivity index (χ2v) is 4.33. The number of benzene rings is 2. The van der Waals surface area contributed by atoms with Crippen molar-refractivity contribution in [3.05, 3.63) is 66.9 Å². The molecule has 1 N–H and O–H groups in total. The van der Waals surface area contributed by atoms with E-state index in [0.29, 0.717) is 0 Å². The number of carbonyl (C=O) groups is 1. The zero-order chi connectivity index (χ0) is 13.8. The van der Waals surface area contributed by atoms with Crippen LogP contribution in [0.5, 0.6) is 0 Å². The number of para-hydroxylation sites is 1. The van der Waals surface area contributed by atoms with Gasteiger partial charge in [0.05, 0.1) is 5.69 Å². The molecule has 0 saturated heterocycles. The summed E-state index contributed by atoms with van der Waals surface area (Å²) in [7, 11) is 0. The standard InChI is InChI=1S/C16H13N3O/c20-12-19(14-4-2-1-3-5-14)15-8-6-13(7-9-15)16-10-11-17-18-16/h1-12H,(H,17,18). The summed E-state index contributed by atoms with van der Waals surface area (Å²) >= 11 is 0. The number of nitrogens with one attached hydrogen (secondary N) is 1. The lowest BCUT2D eigenvalue weighted by atomic mass is 10.1. The van der Waals surface area contributed by atoms with Gasteiger partial charge in [-0.15, -0.1) is 0 Å². The Balaban J connectivity index is 1.92. The largest absolute Gasteiger partial charge is 0.284 e. The average Bonchev–Trinajstić information content (AvgIpc) is 3.04. The molecule has 0 aliphatic carbocycles. The van der Waals surface area contributed by atoms with Gasteiger partial charge in [-0.2, -0.15) is 5.10 Å². The molecule has 3 rings (SSSR count). The molecule has 0 atom stereocenters. The zero-order valence-electron chi connectivity index (χ0n) is 10.7. The quantitative estimate of drug-likeness (QED) is 0.734. The Labute approximate surface area is 116 Å². The molecule has 20 heavy (non-hydrogen) atoms. The van der Waals surface area contributed by atoms with Crippen LogP contribution < -0.4 is 4.90 Å². The molecule has 0 radical (unpaired) electrons. The predicted octanol–water partition coefficient (Wildman–Crippen LogP) is 3.37. The molecule has 2 aromatic carbocycles. The van der Waals surface area contributed by atoms with Gasteiger partial charge in [0, 0.05) is 17.6 Å². The van der Waals surface area contributed by atoms with Gasteiger partial charge >= 0.3 is 0 Å². The van der Waals surface area contributed by atoms with Crippen molar-refractivity contribution in [2.75, 3.05) is 4.90 Å². The molecular weight excluding hydrogens is 250 g/mol. The van der Waals surface area contributed by atoms with Gasteiger partial charge in [-0.25, -0.2) is 0 Å². The van der Waals surface area contributed by atoms with Crippen LogP contribution in [0.25, 0.3) is 11.3 Å². The van der Waals surface area contributed by atoms with Crippen molar-refractivity contribution >= 4 is 17.8 Å². The minimum atomic E-state index is 0.820. The second-order valence-electron chi connectivity index (χ2n) is 4.33. The summed E-state index contributed by atoms with van der Waals surface area (Å²) in [5.41, 5.74) is 3.66. The Kier molecular flexibility index (Phi) is 3.29.